The van der Waals surface area contributed by atoms with Crippen molar-refractivity contribution in [2.24, 2.45) is 5.73 Å². The summed E-state index contributed by atoms with van der Waals surface area (Å²) in [6.07, 6.45) is 0.670. The van der Waals surface area contributed by atoms with Gasteiger partial charge in [0.15, 0.2) is 0 Å². The van der Waals surface area contributed by atoms with Crippen LogP contribution in [-0.2, 0) is 0 Å². The summed E-state index contributed by atoms with van der Waals surface area (Å²) in [5.41, 5.74) is 5.39. The summed E-state index contributed by atoms with van der Waals surface area (Å²) in [6, 6.07) is 3.51. The van der Waals surface area contributed by atoms with E-state index in [9.17, 15) is 9.18 Å². The van der Waals surface area contributed by atoms with Gasteiger partial charge in [-0.05, 0) is 38.9 Å². The maximum atomic E-state index is 13.6. The van der Waals surface area contributed by atoms with E-state index in [0.29, 0.717) is 19.5 Å². The highest BCUT2D eigenvalue weighted by molar-refractivity contribution is 5.94. The smallest absolute Gasteiger partial charge is 0.257 e. The van der Waals surface area contributed by atoms with Gasteiger partial charge in [0.1, 0.15) is 11.6 Å². The first-order valence-electron chi connectivity index (χ1n) is 5.97. The summed E-state index contributed by atoms with van der Waals surface area (Å²) in [6.45, 7) is 4.71. The van der Waals surface area contributed by atoms with Crippen molar-refractivity contribution < 1.29 is 14.3 Å². The first-order valence-corrected chi connectivity index (χ1v) is 5.97. The lowest BCUT2D eigenvalue weighted by atomic mass is 10.1. The minimum absolute atomic E-state index is 0.0291. The number of rotatable bonds is 5. The van der Waals surface area contributed by atoms with Gasteiger partial charge in [0.05, 0.1) is 5.56 Å². The van der Waals surface area contributed by atoms with Gasteiger partial charge in [-0.2, -0.15) is 0 Å². The van der Waals surface area contributed by atoms with Gasteiger partial charge in [0, 0.05) is 18.7 Å². The molecule has 0 heterocycles. The highest BCUT2D eigenvalue weighted by Gasteiger charge is 2.21. The van der Waals surface area contributed by atoms with Crippen molar-refractivity contribution in [2.45, 2.75) is 26.3 Å². The summed E-state index contributed by atoms with van der Waals surface area (Å²) >= 11 is 0. The zero-order valence-electron chi connectivity index (χ0n) is 10.7. The molecule has 0 saturated heterocycles. The van der Waals surface area contributed by atoms with Crippen LogP contribution < -0.4 is 5.73 Å². The Morgan fingerprint density at radius 1 is 1.50 bits per heavy atom. The molecule has 0 aliphatic heterocycles. The SMILES string of the molecule is CC(C)N(CCCN)C(=O)c1ccc(O)cc1F. The minimum Gasteiger partial charge on any atom is -0.508 e. The third-order valence-electron chi connectivity index (χ3n) is 2.67. The lowest BCUT2D eigenvalue weighted by Gasteiger charge is -2.26. The molecule has 1 amide bonds. The Hall–Kier alpha value is -1.62. The van der Waals surface area contributed by atoms with E-state index in [2.05, 4.69) is 0 Å². The van der Waals surface area contributed by atoms with Crippen molar-refractivity contribution in [2.75, 3.05) is 13.1 Å². The van der Waals surface area contributed by atoms with Crippen LogP contribution >= 0.6 is 0 Å². The number of amides is 1. The number of halogens is 1. The van der Waals surface area contributed by atoms with Crippen LogP contribution in [-0.4, -0.2) is 35.0 Å². The first kappa shape index (κ1) is 14.4. The maximum absolute atomic E-state index is 13.6. The van der Waals surface area contributed by atoms with Crippen LogP contribution in [0.3, 0.4) is 0 Å². The quantitative estimate of drug-likeness (QED) is 0.841. The van der Waals surface area contributed by atoms with Gasteiger partial charge in [-0.25, -0.2) is 4.39 Å². The van der Waals surface area contributed by atoms with Crippen molar-refractivity contribution in [3.05, 3.63) is 29.6 Å². The number of hydrogen-bond acceptors (Lipinski definition) is 3. The third-order valence-corrected chi connectivity index (χ3v) is 2.67. The van der Waals surface area contributed by atoms with E-state index in [0.717, 1.165) is 6.07 Å². The second-order valence-electron chi connectivity index (χ2n) is 4.40. The molecule has 0 aromatic heterocycles. The van der Waals surface area contributed by atoms with Crippen molar-refractivity contribution in [3.63, 3.8) is 0 Å². The predicted molar refractivity (Wildman–Crippen MR) is 67.9 cm³/mol. The summed E-state index contributed by atoms with van der Waals surface area (Å²) in [7, 11) is 0. The zero-order valence-corrected chi connectivity index (χ0v) is 10.7. The molecule has 1 aromatic rings. The highest BCUT2D eigenvalue weighted by atomic mass is 19.1. The van der Waals surface area contributed by atoms with Gasteiger partial charge >= 0.3 is 0 Å². The molecule has 4 nitrogen and oxygen atoms in total. The molecule has 18 heavy (non-hydrogen) atoms. The fourth-order valence-electron chi connectivity index (χ4n) is 1.69. The van der Waals surface area contributed by atoms with E-state index >= 15 is 0 Å². The third kappa shape index (κ3) is 3.43. The number of benzene rings is 1. The average molecular weight is 254 g/mol. The van der Waals surface area contributed by atoms with Crippen molar-refractivity contribution in [1.29, 1.82) is 0 Å². The monoisotopic (exact) mass is 254 g/mol. The topological polar surface area (TPSA) is 66.6 Å². The zero-order chi connectivity index (χ0) is 13.7. The Labute approximate surface area is 106 Å². The molecule has 5 heteroatoms. The van der Waals surface area contributed by atoms with Gasteiger partial charge in [-0.3, -0.25) is 4.79 Å². The number of carbonyl (C=O) groups excluding carboxylic acids is 1. The van der Waals surface area contributed by atoms with Crippen LogP contribution in [0.1, 0.15) is 30.6 Å². The van der Waals surface area contributed by atoms with E-state index in [-0.39, 0.29) is 23.3 Å². The van der Waals surface area contributed by atoms with Crippen LogP contribution in [0.2, 0.25) is 0 Å². The molecule has 0 fully saturated rings. The summed E-state index contributed by atoms with van der Waals surface area (Å²) in [5.74, 6) is -1.28. The molecule has 0 aliphatic carbocycles. The average Bonchev–Trinajstić information content (AvgIpc) is 2.28. The van der Waals surface area contributed by atoms with Crippen LogP contribution in [0.25, 0.3) is 0 Å². The number of phenolic OH excluding ortho intramolecular Hbond substituents is 1. The van der Waals surface area contributed by atoms with Crippen molar-refractivity contribution >= 4 is 5.91 Å². The standard InChI is InChI=1S/C13H19FN2O2/c1-9(2)16(7-3-6-15)13(18)11-5-4-10(17)8-12(11)14/h4-5,8-9,17H,3,6-7,15H2,1-2H3. The molecule has 0 unspecified atom stereocenters. The first-order chi connectivity index (χ1) is 8.47. The lowest BCUT2D eigenvalue weighted by Crippen LogP contribution is -2.38. The lowest BCUT2D eigenvalue weighted by molar-refractivity contribution is 0.0700. The molecule has 0 saturated carbocycles. The molecular weight excluding hydrogens is 235 g/mol. The van der Waals surface area contributed by atoms with Gasteiger partial charge in [0.2, 0.25) is 0 Å². The maximum Gasteiger partial charge on any atom is 0.257 e. The molecule has 0 radical (unpaired) electrons. The Morgan fingerprint density at radius 2 is 2.17 bits per heavy atom. The minimum atomic E-state index is -0.710. The van der Waals surface area contributed by atoms with Gasteiger partial charge in [0.25, 0.3) is 5.91 Å². The van der Waals surface area contributed by atoms with Crippen molar-refractivity contribution in [3.8, 4) is 5.75 Å². The van der Waals surface area contributed by atoms with Crippen LogP contribution in [0, 0.1) is 5.82 Å². The van der Waals surface area contributed by atoms with E-state index in [1.807, 2.05) is 13.8 Å². The molecule has 100 valence electrons. The van der Waals surface area contributed by atoms with Crippen LogP contribution in [0.4, 0.5) is 4.39 Å². The molecule has 0 bridgehead atoms. The van der Waals surface area contributed by atoms with Crippen molar-refractivity contribution in [1.82, 2.24) is 4.90 Å². The van der Waals surface area contributed by atoms with Gasteiger partial charge in [-0.1, -0.05) is 0 Å². The van der Waals surface area contributed by atoms with E-state index in [1.165, 1.54) is 12.1 Å². The predicted octanol–water partition coefficient (Wildman–Crippen LogP) is 1.73. The van der Waals surface area contributed by atoms with E-state index in [4.69, 9.17) is 10.8 Å². The molecule has 1 rings (SSSR count). The van der Waals surface area contributed by atoms with Gasteiger partial charge in [-0.15, -0.1) is 0 Å². The second kappa shape index (κ2) is 6.35. The van der Waals surface area contributed by atoms with Crippen LogP contribution in [0.15, 0.2) is 18.2 Å². The molecule has 0 spiro atoms. The summed E-state index contributed by atoms with van der Waals surface area (Å²) in [5, 5.41) is 9.13. The van der Waals surface area contributed by atoms with Crippen LogP contribution in [0.5, 0.6) is 5.75 Å². The number of phenols is 1. The molecule has 0 aliphatic rings. The largest absolute Gasteiger partial charge is 0.508 e. The van der Waals surface area contributed by atoms with E-state index < -0.39 is 5.82 Å². The normalized spacial score (nSPS) is 10.7. The Kier molecular flexibility index (Phi) is 5.09. The summed E-state index contributed by atoms with van der Waals surface area (Å²) in [4.78, 5) is 13.8. The Balaban J connectivity index is 2.94. The summed E-state index contributed by atoms with van der Waals surface area (Å²) < 4.78 is 13.6. The molecular formula is C13H19FN2O2. The van der Waals surface area contributed by atoms with Gasteiger partial charge < -0.3 is 15.7 Å². The van der Waals surface area contributed by atoms with E-state index in [1.54, 1.807) is 4.90 Å². The number of nitrogens with zero attached hydrogens (tertiary/aromatic N) is 1. The number of aromatic hydroxyl groups is 1. The molecule has 3 N–H and O–H groups in total. The Bertz CT molecular complexity index is 421. The second-order valence-corrected chi connectivity index (χ2v) is 4.40. The highest BCUT2D eigenvalue weighted by Crippen LogP contribution is 2.18. The number of hydrogen-bond donors (Lipinski definition) is 2. The fourth-order valence-corrected chi connectivity index (χ4v) is 1.69. The molecule has 1 aromatic carbocycles. The molecule has 0 atom stereocenters. The number of nitrogens with two attached hydrogens (primary N) is 1. The number of carbonyl (C=O) groups is 1. The Morgan fingerprint density at radius 3 is 2.67 bits per heavy atom. The fraction of sp³-hybridized carbons (Fsp3) is 0.462.